The zero-order valence-corrected chi connectivity index (χ0v) is 16.7. The topological polar surface area (TPSA) is 92.8 Å². The molecule has 0 radical (unpaired) electrons. The van der Waals surface area contributed by atoms with Crippen molar-refractivity contribution >= 4 is 35.5 Å². The number of nitrogens with zero attached hydrogens (tertiary/aromatic N) is 1. The van der Waals surface area contributed by atoms with Gasteiger partial charge in [-0.05, 0) is 29.8 Å². The second-order valence-corrected chi connectivity index (χ2v) is 7.43. The van der Waals surface area contributed by atoms with E-state index in [1.807, 2.05) is 0 Å². The van der Waals surface area contributed by atoms with Gasteiger partial charge in [0.05, 0.1) is 29.6 Å². The average molecular weight is 412 g/mol. The van der Waals surface area contributed by atoms with E-state index in [4.69, 9.17) is 0 Å². The Kier molecular flexibility index (Phi) is 6.66. The molecule has 8 heteroatoms. The summed E-state index contributed by atoms with van der Waals surface area (Å²) in [6, 6.07) is 13.5. The van der Waals surface area contributed by atoms with Crippen molar-refractivity contribution in [2.75, 3.05) is 25.2 Å². The van der Waals surface area contributed by atoms with Gasteiger partial charge in [0.1, 0.15) is 0 Å². The first kappa shape index (κ1) is 20.6. The van der Waals surface area contributed by atoms with Crippen LogP contribution in [-0.2, 0) is 16.1 Å². The number of ether oxygens (including phenoxy) is 1. The molecule has 0 saturated carbocycles. The first-order chi connectivity index (χ1) is 14.0. The molecule has 0 spiro atoms. The lowest BCUT2D eigenvalue weighted by Gasteiger charge is -2.13. The fourth-order valence-electron chi connectivity index (χ4n) is 2.89. The first-order valence-corrected chi connectivity index (χ1v) is 10.1. The van der Waals surface area contributed by atoms with Gasteiger partial charge in [0, 0.05) is 18.8 Å². The lowest BCUT2D eigenvalue weighted by atomic mass is 10.1. The van der Waals surface area contributed by atoms with Gasteiger partial charge in [-0.3, -0.25) is 19.3 Å². The molecule has 7 nitrogen and oxygen atoms in total. The molecule has 29 heavy (non-hydrogen) atoms. The maximum atomic E-state index is 12.3. The van der Waals surface area contributed by atoms with E-state index in [0.717, 1.165) is 5.56 Å². The second-order valence-electron chi connectivity index (χ2n) is 6.33. The van der Waals surface area contributed by atoms with Crippen LogP contribution in [0.25, 0.3) is 0 Å². The number of esters is 1. The third-order valence-corrected chi connectivity index (χ3v) is 5.37. The molecule has 0 aromatic heterocycles. The van der Waals surface area contributed by atoms with E-state index in [2.05, 4.69) is 10.1 Å². The SMILES string of the molecule is COC(=O)c1ccc(CNC(=O)CSCCN2C(=O)c3ccccc3C2=O)cc1. The number of hydrogen-bond acceptors (Lipinski definition) is 6. The molecule has 1 aliphatic heterocycles. The van der Waals surface area contributed by atoms with E-state index >= 15 is 0 Å². The summed E-state index contributed by atoms with van der Waals surface area (Å²) in [6.45, 7) is 0.610. The molecule has 0 aliphatic carbocycles. The molecule has 0 fully saturated rings. The van der Waals surface area contributed by atoms with E-state index in [0.29, 0.717) is 29.0 Å². The van der Waals surface area contributed by atoms with Crippen molar-refractivity contribution in [2.24, 2.45) is 0 Å². The van der Waals surface area contributed by atoms with E-state index in [1.165, 1.54) is 23.8 Å². The maximum absolute atomic E-state index is 12.3. The number of carbonyl (C=O) groups excluding carboxylic acids is 4. The lowest BCUT2D eigenvalue weighted by Crippen LogP contribution is -2.32. The minimum atomic E-state index is -0.407. The summed E-state index contributed by atoms with van der Waals surface area (Å²) in [5, 5.41) is 2.80. The number of imide groups is 1. The number of hydrogen-bond donors (Lipinski definition) is 1. The maximum Gasteiger partial charge on any atom is 0.337 e. The number of rotatable bonds is 8. The Hall–Kier alpha value is -3.13. The molecule has 0 saturated heterocycles. The van der Waals surface area contributed by atoms with Gasteiger partial charge in [-0.25, -0.2) is 4.79 Å². The summed E-state index contributed by atoms with van der Waals surface area (Å²) in [5.74, 6) is -0.419. The number of thioether (sulfide) groups is 1. The minimum absolute atomic E-state index is 0.144. The van der Waals surface area contributed by atoms with E-state index in [1.54, 1.807) is 48.5 Å². The quantitative estimate of drug-likeness (QED) is 0.406. The number of fused-ring (bicyclic) bond motifs is 1. The summed E-state index contributed by atoms with van der Waals surface area (Å²) >= 11 is 1.36. The van der Waals surface area contributed by atoms with Gasteiger partial charge >= 0.3 is 5.97 Å². The standard InChI is InChI=1S/C21H20N2O5S/c1-28-21(27)15-8-6-14(7-9-15)12-22-18(24)13-29-11-10-23-19(25)16-4-2-3-5-17(16)20(23)26/h2-9H,10-13H2,1H3,(H,22,24). The van der Waals surface area contributed by atoms with Crippen molar-refractivity contribution < 1.29 is 23.9 Å². The van der Waals surface area contributed by atoms with Gasteiger partial charge in [-0.2, -0.15) is 11.8 Å². The molecule has 2 aromatic rings. The highest BCUT2D eigenvalue weighted by Gasteiger charge is 2.34. The molecule has 0 unspecified atom stereocenters. The first-order valence-electron chi connectivity index (χ1n) is 8.98. The zero-order valence-electron chi connectivity index (χ0n) is 15.8. The van der Waals surface area contributed by atoms with Crippen LogP contribution in [0.2, 0.25) is 0 Å². The Morgan fingerprint density at radius 2 is 1.62 bits per heavy atom. The van der Waals surface area contributed by atoms with Crippen molar-refractivity contribution in [3.05, 3.63) is 70.8 Å². The Labute approximate surface area is 172 Å². The molecule has 1 aliphatic rings. The monoisotopic (exact) mass is 412 g/mol. The largest absolute Gasteiger partial charge is 0.465 e. The van der Waals surface area contributed by atoms with Crippen LogP contribution in [0.5, 0.6) is 0 Å². The number of methoxy groups -OCH3 is 1. The lowest BCUT2D eigenvalue weighted by molar-refractivity contribution is -0.118. The van der Waals surface area contributed by atoms with Crippen molar-refractivity contribution in [3.63, 3.8) is 0 Å². The normalized spacial score (nSPS) is 12.7. The van der Waals surface area contributed by atoms with Crippen LogP contribution >= 0.6 is 11.8 Å². The fourth-order valence-corrected chi connectivity index (χ4v) is 3.63. The third-order valence-electron chi connectivity index (χ3n) is 4.44. The van der Waals surface area contributed by atoms with E-state index < -0.39 is 5.97 Å². The van der Waals surface area contributed by atoms with Crippen LogP contribution in [-0.4, -0.2) is 53.8 Å². The Balaban J connectivity index is 1.38. The van der Waals surface area contributed by atoms with E-state index in [-0.39, 0.29) is 30.0 Å². The van der Waals surface area contributed by atoms with Crippen LogP contribution in [0.4, 0.5) is 0 Å². The Morgan fingerprint density at radius 3 is 2.21 bits per heavy atom. The molecule has 3 rings (SSSR count). The van der Waals surface area contributed by atoms with Crippen molar-refractivity contribution in [2.45, 2.75) is 6.54 Å². The molecular weight excluding hydrogens is 392 g/mol. The highest BCUT2D eigenvalue weighted by Crippen LogP contribution is 2.22. The summed E-state index contributed by atoms with van der Waals surface area (Å²) in [5.41, 5.74) is 2.17. The van der Waals surface area contributed by atoms with Crippen LogP contribution < -0.4 is 5.32 Å². The number of amides is 3. The van der Waals surface area contributed by atoms with Gasteiger partial charge in [-0.1, -0.05) is 24.3 Å². The molecular formula is C21H20N2O5S. The number of benzene rings is 2. The van der Waals surface area contributed by atoms with Gasteiger partial charge in [-0.15, -0.1) is 0 Å². The van der Waals surface area contributed by atoms with Crippen LogP contribution in [0.1, 0.15) is 36.6 Å². The summed E-state index contributed by atoms with van der Waals surface area (Å²) < 4.78 is 4.64. The van der Waals surface area contributed by atoms with Gasteiger partial charge in [0.2, 0.25) is 5.91 Å². The van der Waals surface area contributed by atoms with Gasteiger partial charge in [0.15, 0.2) is 0 Å². The highest BCUT2D eigenvalue weighted by molar-refractivity contribution is 7.99. The predicted octanol–water partition coefficient (Wildman–Crippen LogP) is 2.12. The molecule has 150 valence electrons. The summed E-state index contributed by atoms with van der Waals surface area (Å²) in [6.07, 6.45) is 0. The van der Waals surface area contributed by atoms with Gasteiger partial charge in [0.25, 0.3) is 11.8 Å². The number of carbonyl (C=O) groups is 4. The van der Waals surface area contributed by atoms with Crippen molar-refractivity contribution in [1.82, 2.24) is 10.2 Å². The fraction of sp³-hybridized carbons (Fsp3) is 0.238. The van der Waals surface area contributed by atoms with Crippen LogP contribution in [0.3, 0.4) is 0 Å². The molecule has 0 atom stereocenters. The molecule has 0 bridgehead atoms. The zero-order chi connectivity index (χ0) is 20.8. The minimum Gasteiger partial charge on any atom is -0.465 e. The second kappa shape index (κ2) is 9.38. The highest BCUT2D eigenvalue weighted by atomic mass is 32.2. The smallest absolute Gasteiger partial charge is 0.337 e. The molecule has 1 heterocycles. The summed E-state index contributed by atoms with van der Waals surface area (Å²) in [4.78, 5) is 49.1. The predicted molar refractivity (Wildman–Crippen MR) is 109 cm³/mol. The van der Waals surface area contributed by atoms with E-state index in [9.17, 15) is 19.2 Å². The van der Waals surface area contributed by atoms with Crippen molar-refractivity contribution in [3.8, 4) is 0 Å². The average Bonchev–Trinajstić information content (AvgIpc) is 3.00. The Morgan fingerprint density at radius 1 is 1.00 bits per heavy atom. The summed E-state index contributed by atoms with van der Waals surface area (Å²) in [7, 11) is 1.32. The molecule has 3 amide bonds. The van der Waals surface area contributed by atoms with Crippen LogP contribution in [0, 0.1) is 0 Å². The number of nitrogens with one attached hydrogen (secondary N) is 1. The van der Waals surface area contributed by atoms with Crippen LogP contribution in [0.15, 0.2) is 48.5 Å². The van der Waals surface area contributed by atoms with Gasteiger partial charge < -0.3 is 10.1 Å². The van der Waals surface area contributed by atoms with Crippen molar-refractivity contribution in [1.29, 1.82) is 0 Å². The molecule has 2 aromatic carbocycles. The third kappa shape index (κ3) is 4.83. The Bertz CT molecular complexity index is 907. The molecule has 1 N–H and O–H groups in total.